The maximum atomic E-state index is 12.4. The summed E-state index contributed by atoms with van der Waals surface area (Å²) in [6.07, 6.45) is -3.01. The van der Waals surface area contributed by atoms with Gasteiger partial charge in [0.1, 0.15) is 0 Å². The highest BCUT2D eigenvalue weighted by molar-refractivity contribution is 5.44. The van der Waals surface area contributed by atoms with Crippen molar-refractivity contribution >= 4 is 0 Å². The molecule has 16 heavy (non-hydrogen) atoms. The van der Waals surface area contributed by atoms with Gasteiger partial charge in [0.2, 0.25) is 0 Å². The molecule has 0 spiro atoms. The standard InChI is InChI=1S/C12H9F3N/c1-3-8(2)11-6-10(12(13,14)15)5-4-9(11)7-16/h3-6,8H,1-2H2. The summed E-state index contributed by atoms with van der Waals surface area (Å²) in [5.74, 6) is -0.531. The van der Waals surface area contributed by atoms with Crippen molar-refractivity contribution < 1.29 is 13.2 Å². The van der Waals surface area contributed by atoms with Crippen LogP contribution in [0.2, 0.25) is 0 Å². The van der Waals surface area contributed by atoms with Gasteiger partial charge < -0.3 is 0 Å². The zero-order valence-electron chi connectivity index (χ0n) is 8.38. The van der Waals surface area contributed by atoms with E-state index in [9.17, 15) is 13.2 Å². The Morgan fingerprint density at radius 2 is 2.00 bits per heavy atom. The van der Waals surface area contributed by atoms with Crippen LogP contribution in [-0.2, 0) is 6.18 Å². The quantitative estimate of drug-likeness (QED) is 0.703. The highest BCUT2D eigenvalue weighted by atomic mass is 19.4. The van der Waals surface area contributed by atoms with Crippen molar-refractivity contribution in [3.05, 3.63) is 54.5 Å². The molecule has 0 aliphatic carbocycles. The van der Waals surface area contributed by atoms with Crippen LogP contribution in [0.4, 0.5) is 13.2 Å². The largest absolute Gasteiger partial charge is 0.416 e. The van der Waals surface area contributed by atoms with Crippen LogP contribution in [0, 0.1) is 18.3 Å². The Bertz CT molecular complexity index is 441. The highest BCUT2D eigenvalue weighted by Crippen LogP contribution is 2.32. The molecule has 1 unspecified atom stereocenters. The Morgan fingerprint density at radius 3 is 2.44 bits per heavy atom. The average molecular weight is 224 g/mol. The maximum absolute atomic E-state index is 12.4. The van der Waals surface area contributed by atoms with Gasteiger partial charge in [0.15, 0.2) is 0 Å². The third-order valence-corrected chi connectivity index (χ3v) is 2.18. The summed E-state index contributed by atoms with van der Waals surface area (Å²) in [5, 5.41) is 8.76. The summed E-state index contributed by atoms with van der Waals surface area (Å²) < 4.78 is 37.3. The van der Waals surface area contributed by atoms with E-state index < -0.39 is 17.7 Å². The maximum Gasteiger partial charge on any atom is 0.416 e. The van der Waals surface area contributed by atoms with Crippen molar-refractivity contribution in [2.24, 2.45) is 0 Å². The Hall–Kier alpha value is -1.76. The summed E-state index contributed by atoms with van der Waals surface area (Å²) in [5.41, 5.74) is -0.350. The van der Waals surface area contributed by atoms with Crippen molar-refractivity contribution in [1.82, 2.24) is 0 Å². The fourth-order valence-corrected chi connectivity index (χ4v) is 1.27. The van der Waals surface area contributed by atoms with Gasteiger partial charge in [-0.15, -0.1) is 6.58 Å². The number of hydrogen-bond acceptors (Lipinski definition) is 1. The molecule has 1 rings (SSSR count). The zero-order valence-corrected chi connectivity index (χ0v) is 8.38. The third-order valence-electron chi connectivity index (χ3n) is 2.18. The van der Waals surface area contributed by atoms with Crippen molar-refractivity contribution in [1.29, 1.82) is 5.26 Å². The molecule has 0 heterocycles. The lowest BCUT2D eigenvalue weighted by molar-refractivity contribution is -0.137. The molecule has 1 nitrogen and oxygen atoms in total. The van der Waals surface area contributed by atoms with Crippen LogP contribution in [0.1, 0.15) is 22.6 Å². The topological polar surface area (TPSA) is 23.8 Å². The molecule has 0 fully saturated rings. The van der Waals surface area contributed by atoms with E-state index in [1.165, 1.54) is 6.08 Å². The summed E-state index contributed by atoms with van der Waals surface area (Å²) in [6, 6.07) is 4.82. The van der Waals surface area contributed by atoms with Crippen molar-refractivity contribution in [2.45, 2.75) is 12.1 Å². The molecule has 0 aromatic heterocycles. The first-order chi connectivity index (χ1) is 7.40. The number of halogens is 3. The first-order valence-electron chi connectivity index (χ1n) is 4.47. The van der Waals surface area contributed by atoms with Gasteiger partial charge in [-0.25, -0.2) is 0 Å². The lowest BCUT2D eigenvalue weighted by atomic mass is 9.94. The van der Waals surface area contributed by atoms with Gasteiger partial charge in [-0.05, 0) is 30.7 Å². The molecule has 0 saturated carbocycles. The van der Waals surface area contributed by atoms with Gasteiger partial charge in [-0.3, -0.25) is 0 Å². The van der Waals surface area contributed by atoms with Crippen LogP contribution in [0.5, 0.6) is 0 Å². The third kappa shape index (κ3) is 2.43. The fourth-order valence-electron chi connectivity index (χ4n) is 1.27. The van der Waals surface area contributed by atoms with Gasteiger partial charge in [-0.1, -0.05) is 6.08 Å². The molecule has 1 aromatic carbocycles. The second-order valence-corrected chi connectivity index (χ2v) is 3.25. The van der Waals surface area contributed by atoms with Gasteiger partial charge in [0.05, 0.1) is 17.2 Å². The molecule has 0 saturated heterocycles. The fraction of sp³-hybridized carbons (Fsp3) is 0.167. The number of hydrogen-bond donors (Lipinski definition) is 0. The van der Waals surface area contributed by atoms with Crippen LogP contribution < -0.4 is 0 Å². The van der Waals surface area contributed by atoms with E-state index in [4.69, 9.17) is 5.26 Å². The molecule has 1 atom stereocenters. The SMILES string of the molecule is [CH2]C(C=C)c1cc(C(F)(F)F)ccc1C#N. The molecular weight excluding hydrogens is 215 g/mol. The van der Waals surface area contributed by atoms with Crippen molar-refractivity contribution in [2.75, 3.05) is 0 Å². The van der Waals surface area contributed by atoms with Crippen LogP contribution in [0.25, 0.3) is 0 Å². The molecule has 1 aromatic rings. The number of nitriles is 1. The Kier molecular flexibility index (Phi) is 3.38. The molecule has 4 heteroatoms. The number of rotatable bonds is 2. The summed E-state index contributed by atoms with van der Waals surface area (Å²) in [6.45, 7) is 7.07. The minimum Gasteiger partial charge on any atom is -0.192 e. The van der Waals surface area contributed by atoms with E-state index in [-0.39, 0.29) is 11.1 Å². The molecule has 1 radical (unpaired) electrons. The van der Waals surface area contributed by atoms with Gasteiger partial charge >= 0.3 is 6.18 Å². The molecule has 83 valence electrons. The second-order valence-electron chi connectivity index (χ2n) is 3.25. The van der Waals surface area contributed by atoms with Gasteiger partial charge in [-0.2, -0.15) is 18.4 Å². The van der Waals surface area contributed by atoms with Crippen LogP contribution in [-0.4, -0.2) is 0 Å². The number of benzene rings is 1. The summed E-state index contributed by atoms with van der Waals surface area (Å²) >= 11 is 0. The average Bonchev–Trinajstić information content (AvgIpc) is 2.25. The highest BCUT2D eigenvalue weighted by Gasteiger charge is 2.31. The zero-order chi connectivity index (χ0) is 12.3. The van der Waals surface area contributed by atoms with Crippen molar-refractivity contribution in [3.63, 3.8) is 0 Å². The van der Waals surface area contributed by atoms with Gasteiger partial charge in [0.25, 0.3) is 0 Å². The van der Waals surface area contributed by atoms with Crippen LogP contribution in [0.3, 0.4) is 0 Å². The number of allylic oxidation sites excluding steroid dienone is 1. The van der Waals surface area contributed by atoms with E-state index in [1.807, 2.05) is 6.07 Å². The predicted octanol–water partition coefficient (Wildman–Crippen LogP) is 3.68. The first kappa shape index (κ1) is 12.3. The number of alkyl halides is 3. The smallest absolute Gasteiger partial charge is 0.192 e. The molecule has 0 aliphatic heterocycles. The van der Waals surface area contributed by atoms with E-state index >= 15 is 0 Å². The monoisotopic (exact) mass is 224 g/mol. The Balaban J connectivity index is 3.34. The first-order valence-corrected chi connectivity index (χ1v) is 4.47. The van der Waals surface area contributed by atoms with E-state index in [2.05, 4.69) is 13.5 Å². The van der Waals surface area contributed by atoms with Crippen molar-refractivity contribution in [3.8, 4) is 6.07 Å². The Morgan fingerprint density at radius 1 is 1.38 bits per heavy atom. The molecule has 0 N–H and O–H groups in total. The minimum absolute atomic E-state index is 0.188. The lowest BCUT2D eigenvalue weighted by Crippen LogP contribution is -2.07. The molecule has 0 bridgehead atoms. The Labute approximate surface area is 91.8 Å². The molecule has 0 aliphatic rings. The molecule has 0 amide bonds. The lowest BCUT2D eigenvalue weighted by Gasteiger charge is -2.12. The normalized spacial score (nSPS) is 12.9. The van der Waals surface area contributed by atoms with Gasteiger partial charge in [0, 0.05) is 5.92 Å². The van der Waals surface area contributed by atoms with E-state index in [0.29, 0.717) is 0 Å². The number of nitrogens with zero attached hydrogens (tertiary/aromatic N) is 1. The molecular formula is C12H9F3N. The predicted molar refractivity (Wildman–Crippen MR) is 54.5 cm³/mol. The van der Waals surface area contributed by atoms with Crippen LogP contribution >= 0.6 is 0 Å². The minimum atomic E-state index is -4.41. The summed E-state index contributed by atoms with van der Waals surface area (Å²) in [7, 11) is 0. The summed E-state index contributed by atoms with van der Waals surface area (Å²) in [4.78, 5) is 0. The van der Waals surface area contributed by atoms with E-state index in [0.717, 1.165) is 18.2 Å². The van der Waals surface area contributed by atoms with E-state index in [1.54, 1.807) is 0 Å². The second kappa shape index (κ2) is 4.40. The van der Waals surface area contributed by atoms with Crippen LogP contribution in [0.15, 0.2) is 30.9 Å².